The summed E-state index contributed by atoms with van der Waals surface area (Å²) in [5.41, 5.74) is 4.43. The normalized spacial score (nSPS) is 11.0. The molecule has 1 aromatic carbocycles. The van der Waals surface area contributed by atoms with E-state index < -0.39 is 11.7 Å². The van der Waals surface area contributed by atoms with E-state index in [2.05, 4.69) is 17.5 Å². The van der Waals surface area contributed by atoms with Gasteiger partial charge < -0.3 is 15.8 Å². The van der Waals surface area contributed by atoms with Crippen molar-refractivity contribution in [3.63, 3.8) is 0 Å². The molecule has 0 aliphatic carbocycles. The van der Waals surface area contributed by atoms with Crippen LogP contribution in [0.15, 0.2) is 18.2 Å². The van der Waals surface area contributed by atoms with E-state index in [1.165, 1.54) is 13.1 Å². The Morgan fingerprint density at radius 3 is 2.60 bits per heavy atom. The zero-order valence-corrected chi connectivity index (χ0v) is 11.4. The lowest BCUT2D eigenvalue weighted by atomic mass is 10.1. The molecule has 1 aromatic rings. The van der Waals surface area contributed by atoms with Crippen molar-refractivity contribution in [3.05, 3.63) is 29.3 Å². The Morgan fingerprint density at radius 1 is 1.45 bits per heavy atom. The average molecular weight is 306 g/mol. The molecular formula is C12H13F3N2O2S. The maximum atomic E-state index is 12.9. The summed E-state index contributed by atoms with van der Waals surface area (Å²) in [4.78, 5) is 10.8. The molecular weight excluding hydrogens is 293 g/mol. The maximum absolute atomic E-state index is 12.9. The second-order valence-corrected chi connectivity index (χ2v) is 4.28. The lowest BCUT2D eigenvalue weighted by Gasteiger charge is -2.15. The molecule has 0 saturated heterocycles. The lowest BCUT2D eigenvalue weighted by molar-refractivity contribution is -0.138. The Kier molecular flexibility index (Phi) is 5.32. The first-order chi connectivity index (χ1) is 9.25. The fraction of sp³-hybridized carbons (Fsp3) is 0.333. The molecule has 0 atom stereocenters. The van der Waals surface area contributed by atoms with Gasteiger partial charge in [-0.1, -0.05) is 12.2 Å². The van der Waals surface area contributed by atoms with Crippen LogP contribution in [0.5, 0.6) is 5.75 Å². The van der Waals surface area contributed by atoms with Gasteiger partial charge in [0.25, 0.3) is 0 Å². The molecule has 0 heterocycles. The number of benzene rings is 1. The highest BCUT2D eigenvalue weighted by molar-refractivity contribution is 7.80. The van der Waals surface area contributed by atoms with Crippen LogP contribution in [0, 0.1) is 0 Å². The zero-order chi connectivity index (χ0) is 15.3. The van der Waals surface area contributed by atoms with Crippen molar-refractivity contribution >= 4 is 23.1 Å². The number of rotatable bonds is 5. The Hall–Kier alpha value is -1.83. The summed E-state index contributed by atoms with van der Waals surface area (Å²) >= 11 is 4.64. The summed E-state index contributed by atoms with van der Waals surface area (Å²) in [5.74, 6) is -0.681. The number of nitrogens with two attached hydrogens (primary N) is 1. The minimum atomic E-state index is -4.59. The van der Waals surface area contributed by atoms with Gasteiger partial charge in [-0.3, -0.25) is 4.79 Å². The molecule has 3 N–H and O–H groups in total. The van der Waals surface area contributed by atoms with Crippen LogP contribution in [-0.2, 0) is 11.0 Å². The van der Waals surface area contributed by atoms with Gasteiger partial charge in [-0.05, 0) is 18.2 Å². The van der Waals surface area contributed by atoms with Gasteiger partial charge in [-0.25, -0.2) is 0 Å². The molecule has 1 rings (SSSR count). The van der Waals surface area contributed by atoms with Crippen LogP contribution in [0.3, 0.4) is 0 Å². The van der Waals surface area contributed by atoms with Gasteiger partial charge in [0, 0.05) is 12.6 Å². The quantitative estimate of drug-likeness (QED) is 0.815. The van der Waals surface area contributed by atoms with Gasteiger partial charge in [0.1, 0.15) is 10.7 Å². The highest BCUT2D eigenvalue weighted by Gasteiger charge is 2.34. The smallest absolute Gasteiger partial charge is 0.419 e. The number of hydrogen-bond acceptors (Lipinski definition) is 3. The molecule has 0 aliphatic rings. The summed E-state index contributed by atoms with van der Waals surface area (Å²) in [6.45, 7) is -0.158. The van der Waals surface area contributed by atoms with Gasteiger partial charge in [0.2, 0.25) is 5.91 Å². The molecule has 0 saturated carbocycles. The Bertz CT molecular complexity index is 518. The lowest BCUT2D eigenvalue weighted by Crippen LogP contribution is -2.20. The van der Waals surface area contributed by atoms with Crippen molar-refractivity contribution in [1.82, 2.24) is 5.32 Å². The molecule has 0 unspecified atom stereocenters. The Labute approximate surface area is 119 Å². The highest BCUT2D eigenvalue weighted by atomic mass is 32.1. The summed E-state index contributed by atoms with van der Waals surface area (Å²) in [5, 5.41) is 2.35. The summed E-state index contributed by atoms with van der Waals surface area (Å²) in [6, 6.07) is 3.31. The average Bonchev–Trinajstić information content (AvgIpc) is 2.37. The van der Waals surface area contributed by atoms with Crippen LogP contribution >= 0.6 is 12.2 Å². The van der Waals surface area contributed by atoms with Crippen molar-refractivity contribution in [1.29, 1.82) is 0 Å². The van der Waals surface area contributed by atoms with Crippen molar-refractivity contribution in [3.8, 4) is 5.75 Å². The van der Waals surface area contributed by atoms with Gasteiger partial charge >= 0.3 is 6.18 Å². The molecule has 8 heteroatoms. The molecule has 0 fully saturated rings. The van der Waals surface area contributed by atoms with Gasteiger partial charge in [0.05, 0.1) is 18.6 Å². The number of ether oxygens (including phenoxy) is 1. The number of hydrogen-bond donors (Lipinski definition) is 2. The van der Waals surface area contributed by atoms with E-state index in [0.717, 1.165) is 12.1 Å². The van der Waals surface area contributed by atoms with Gasteiger partial charge in [-0.15, -0.1) is 0 Å². The number of amides is 1. The minimum absolute atomic E-state index is 0.0369. The van der Waals surface area contributed by atoms with E-state index in [1.807, 2.05) is 0 Å². The highest BCUT2D eigenvalue weighted by Crippen LogP contribution is 2.36. The number of carbonyl (C=O) groups is 1. The van der Waals surface area contributed by atoms with Crippen LogP contribution in [0.1, 0.15) is 17.5 Å². The number of alkyl halides is 3. The topological polar surface area (TPSA) is 64.3 Å². The number of halogens is 3. The molecule has 1 amide bonds. The second-order valence-electron chi connectivity index (χ2n) is 3.84. The third-order valence-corrected chi connectivity index (χ3v) is 2.67. The van der Waals surface area contributed by atoms with Crippen LogP contribution < -0.4 is 15.8 Å². The van der Waals surface area contributed by atoms with Gasteiger partial charge in [0.15, 0.2) is 0 Å². The van der Waals surface area contributed by atoms with Crippen molar-refractivity contribution in [2.24, 2.45) is 5.73 Å². The molecule has 0 aliphatic heterocycles. The third-order valence-electron chi connectivity index (χ3n) is 2.44. The van der Waals surface area contributed by atoms with Crippen LogP contribution in [-0.4, -0.2) is 24.6 Å². The molecule has 20 heavy (non-hydrogen) atoms. The SMILES string of the molecule is CNC(=O)CCOc1ccc(C(N)=S)cc1C(F)(F)F. The van der Waals surface area contributed by atoms with Gasteiger partial charge in [-0.2, -0.15) is 13.2 Å². The molecule has 0 radical (unpaired) electrons. The fourth-order valence-electron chi connectivity index (χ4n) is 1.41. The summed E-state index contributed by atoms with van der Waals surface area (Å²) < 4.78 is 43.7. The monoisotopic (exact) mass is 306 g/mol. The zero-order valence-electron chi connectivity index (χ0n) is 10.6. The number of nitrogens with one attached hydrogen (secondary N) is 1. The molecule has 0 bridgehead atoms. The molecule has 110 valence electrons. The number of carbonyl (C=O) groups excluding carboxylic acids is 1. The first-order valence-corrected chi connectivity index (χ1v) is 6.01. The van der Waals surface area contributed by atoms with Crippen LogP contribution in [0.4, 0.5) is 13.2 Å². The molecule has 0 spiro atoms. The standard InChI is InChI=1S/C12H13F3N2O2S/c1-17-10(18)4-5-19-9-3-2-7(11(16)20)6-8(9)12(13,14)15/h2-3,6H,4-5H2,1H3,(H2,16,20)(H,17,18). The summed E-state index contributed by atoms with van der Waals surface area (Å²) in [6.07, 6.45) is -4.63. The Balaban J connectivity index is 2.95. The predicted molar refractivity (Wildman–Crippen MR) is 71.5 cm³/mol. The van der Waals surface area contributed by atoms with E-state index in [1.54, 1.807) is 0 Å². The fourth-order valence-corrected chi connectivity index (χ4v) is 1.54. The third kappa shape index (κ3) is 4.37. The molecule has 4 nitrogen and oxygen atoms in total. The van der Waals surface area contributed by atoms with Crippen LogP contribution in [0.25, 0.3) is 0 Å². The molecule has 0 aromatic heterocycles. The van der Waals surface area contributed by atoms with E-state index >= 15 is 0 Å². The maximum Gasteiger partial charge on any atom is 0.419 e. The van der Waals surface area contributed by atoms with E-state index in [4.69, 9.17) is 10.5 Å². The van der Waals surface area contributed by atoms with E-state index in [0.29, 0.717) is 0 Å². The predicted octanol–water partition coefficient (Wildman–Crippen LogP) is 1.85. The first-order valence-electron chi connectivity index (χ1n) is 5.60. The van der Waals surface area contributed by atoms with E-state index in [-0.39, 0.29) is 35.2 Å². The minimum Gasteiger partial charge on any atom is -0.492 e. The summed E-state index contributed by atoms with van der Waals surface area (Å²) in [7, 11) is 1.43. The van der Waals surface area contributed by atoms with Crippen molar-refractivity contribution < 1.29 is 22.7 Å². The Morgan fingerprint density at radius 2 is 2.10 bits per heavy atom. The van der Waals surface area contributed by atoms with Crippen molar-refractivity contribution in [2.45, 2.75) is 12.6 Å². The first kappa shape index (κ1) is 16.2. The second kappa shape index (κ2) is 6.56. The van der Waals surface area contributed by atoms with Crippen LogP contribution in [0.2, 0.25) is 0 Å². The largest absolute Gasteiger partial charge is 0.492 e. The van der Waals surface area contributed by atoms with E-state index in [9.17, 15) is 18.0 Å². The van der Waals surface area contributed by atoms with Crippen molar-refractivity contribution in [2.75, 3.05) is 13.7 Å². The number of thiocarbonyl (C=S) groups is 1.